The van der Waals surface area contributed by atoms with Gasteiger partial charge in [0.05, 0.1) is 20.5 Å². The van der Waals surface area contributed by atoms with E-state index in [0.29, 0.717) is 30.2 Å². The molecule has 26 heavy (non-hydrogen) atoms. The van der Waals surface area contributed by atoms with Crippen LogP contribution in [0.25, 0.3) is 6.08 Å². The summed E-state index contributed by atoms with van der Waals surface area (Å²) in [6.45, 7) is 0.398. The number of rotatable bonds is 8. The van der Waals surface area contributed by atoms with E-state index in [-0.39, 0.29) is 5.57 Å². The van der Waals surface area contributed by atoms with Crippen molar-refractivity contribution in [3.63, 3.8) is 0 Å². The van der Waals surface area contributed by atoms with Crippen molar-refractivity contribution in [2.45, 2.75) is 6.42 Å². The Morgan fingerprint density at radius 3 is 2.73 bits per heavy atom. The molecule has 0 aliphatic heterocycles. The Morgan fingerprint density at radius 2 is 2.08 bits per heavy atom. The van der Waals surface area contributed by atoms with Gasteiger partial charge >= 0.3 is 0 Å². The number of carbonyl (C=O) groups is 1. The molecule has 0 saturated carbocycles. The van der Waals surface area contributed by atoms with Crippen molar-refractivity contribution in [2.75, 3.05) is 20.8 Å². The lowest BCUT2D eigenvalue weighted by atomic mass is 10.1. The van der Waals surface area contributed by atoms with Crippen LogP contribution in [0.3, 0.4) is 0 Å². The molecule has 1 amide bonds. The van der Waals surface area contributed by atoms with E-state index in [2.05, 4.69) is 5.32 Å². The van der Waals surface area contributed by atoms with E-state index in [4.69, 9.17) is 19.2 Å². The fourth-order valence-corrected chi connectivity index (χ4v) is 2.24. The van der Waals surface area contributed by atoms with Crippen molar-refractivity contribution in [1.29, 1.82) is 5.26 Å². The highest BCUT2D eigenvalue weighted by Gasteiger charge is 2.08. The summed E-state index contributed by atoms with van der Waals surface area (Å²) in [5.74, 6) is 1.51. The average molecular weight is 352 g/mol. The molecule has 0 saturated heterocycles. The first kappa shape index (κ1) is 18.9. The van der Waals surface area contributed by atoms with Crippen LogP contribution in [0.4, 0.5) is 0 Å². The summed E-state index contributed by atoms with van der Waals surface area (Å²) in [5, 5.41) is 11.9. The van der Waals surface area contributed by atoms with E-state index >= 15 is 0 Å². The zero-order valence-corrected chi connectivity index (χ0v) is 14.7. The quantitative estimate of drug-likeness (QED) is 0.448. The summed E-state index contributed by atoms with van der Waals surface area (Å²) < 4.78 is 15.6. The highest BCUT2D eigenvalue weighted by Crippen LogP contribution is 2.27. The van der Waals surface area contributed by atoms with E-state index in [9.17, 15) is 4.79 Å². The summed E-state index contributed by atoms with van der Waals surface area (Å²) in [4.78, 5) is 12.1. The SMILES string of the molecule is COc1ccc(CCNC(=O)/C(C#N)=C/C=C/c2ccco2)cc1OC. The number of hydrogen-bond acceptors (Lipinski definition) is 5. The molecular formula is C20H20N2O4. The highest BCUT2D eigenvalue weighted by molar-refractivity contribution is 5.97. The summed E-state index contributed by atoms with van der Waals surface area (Å²) in [6.07, 6.45) is 6.89. The largest absolute Gasteiger partial charge is 0.493 e. The van der Waals surface area contributed by atoms with Gasteiger partial charge in [-0.1, -0.05) is 12.1 Å². The van der Waals surface area contributed by atoms with Crippen LogP contribution in [0, 0.1) is 11.3 Å². The van der Waals surface area contributed by atoms with Crippen LogP contribution in [0.2, 0.25) is 0 Å². The normalized spacial score (nSPS) is 11.2. The van der Waals surface area contributed by atoms with Crippen LogP contribution in [-0.2, 0) is 11.2 Å². The van der Waals surface area contributed by atoms with Gasteiger partial charge in [0.2, 0.25) is 0 Å². The van der Waals surface area contributed by atoms with E-state index in [1.54, 1.807) is 44.8 Å². The van der Waals surface area contributed by atoms with Crippen molar-refractivity contribution >= 4 is 12.0 Å². The molecule has 1 heterocycles. The Hall–Kier alpha value is -3.46. The van der Waals surface area contributed by atoms with Crippen molar-refractivity contribution in [3.05, 3.63) is 65.6 Å². The first-order valence-electron chi connectivity index (χ1n) is 7.99. The summed E-state index contributed by atoms with van der Waals surface area (Å²) in [5.41, 5.74) is 1.02. The number of ether oxygens (including phenoxy) is 2. The van der Waals surface area contributed by atoms with Gasteiger partial charge in [-0.05, 0) is 48.4 Å². The second kappa shape index (κ2) is 9.74. The molecule has 0 fully saturated rings. The molecule has 0 unspecified atom stereocenters. The molecule has 0 aliphatic rings. The number of nitrogens with zero attached hydrogens (tertiary/aromatic N) is 1. The van der Waals surface area contributed by atoms with Crippen molar-refractivity contribution in [2.24, 2.45) is 0 Å². The molecule has 0 radical (unpaired) electrons. The molecule has 0 atom stereocenters. The monoisotopic (exact) mass is 352 g/mol. The minimum Gasteiger partial charge on any atom is -0.493 e. The maximum atomic E-state index is 12.1. The van der Waals surface area contributed by atoms with Gasteiger partial charge in [-0.2, -0.15) is 5.26 Å². The highest BCUT2D eigenvalue weighted by atomic mass is 16.5. The van der Waals surface area contributed by atoms with Gasteiger partial charge in [0.1, 0.15) is 17.4 Å². The van der Waals surface area contributed by atoms with E-state index in [1.807, 2.05) is 24.3 Å². The molecule has 134 valence electrons. The Labute approximate surface area is 152 Å². The van der Waals surface area contributed by atoms with Crippen molar-refractivity contribution in [1.82, 2.24) is 5.32 Å². The standard InChI is InChI=1S/C20H20N2O4/c1-24-18-9-8-15(13-19(18)25-2)10-11-22-20(23)16(14-21)5-3-6-17-7-4-12-26-17/h3-9,12-13H,10-11H2,1-2H3,(H,22,23)/b6-3+,16-5+. The molecule has 2 rings (SSSR count). The number of hydrogen-bond donors (Lipinski definition) is 1. The molecule has 0 spiro atoms. The van der Waals surface area contributed by atoms with Gasteiger partial charge < -0.3 is 19.2 Å². The summed E-state index contributed by atoms with van der Waals surface area (Å²) in [7, 11) is 3.15. The number of nitriles is 1. The minimum absolute atomic E-state index is 0.0279. The molecule has 1 N–H and O–H groups in total. The van der Waals surface area contributed by atoms with Crippen LogP contribution in [0.5, 0.6) is 11.5 Å². The molecule has 1 aromatic heterocycles. The van der Waals surface area contributed by atoms with Gasteiger partial charge in [-0.25, -0.2) is 0 Å². The van der Waals surface area contributed by atoms with Crippen LogP contribution < -0.4 is 14.8 Å². The number of allylic oxidation sites excluding steroid dienone is 2. The fraction of sp³-hybridized carbons (Fsp3) is 0.200. The van der Waals surface area contributed by atoms with Crippen LogP contribution >= 0.6 is 0 Å². The maximum absolute atomic E-state index is 12.1. The zero-order chi connectivity index (χ0) is 18.8. The zero-order valence-electron chi connectivity index (χ0n) is 14.7. The smallest absolute Gasteiger partial charge is 0.261 e. The summed E-state index contributed by atoms with van der Waals surface area (Å²) >= 11 is 0. The van der Waals surface area contributed by atoms with Crippen LogP contribution in [0.1, 0.15) is 11.3 Å². The van der Waals surface area contributed by atoms with E-state index in [0.717, 1.165) is 5.56 Å². The number of nitrogens with one attached hydrogen (secondary N) is 1. The molecular weight excluding hydrogens is 332 g/mol. The van der Waals surface area contributed by atoms with Gasteiger partial charge in [-0.3, -0.25) is 4.79 Å². The third-order valence-electron chi connectivity index (χ3n) is 3.58. The number of carbonyl (C=O) groups excluding carboxylic acids is 1. The van der Waals surface area contributed by atoms with Crippen LogP contribution in [0.15, 0.2) is 58.7 Å². The second-order valence-corrected chi connectivity index (χ2v) is 5.26. The third-order valence-corrected chi connectivity index (χ3v) is 3.58. The molecule has 6 heteroatoms. The van der Waals surface area contributed by atoms with Crippen molar-refractivity contribution < 1.29 is 18.7 Å². The lowest BCUT2D eigenvalue weighted by molar-refractivity contribution is -0.117. The van der Waals surface area contributed by atoms with Gasteiger partial charge in [0, 0.05) is 6.54 Å². The first-order chi connectivity index (χ1) is 12.7. The molecule has 0 aliphatic carbocycles. The molecule has 0 bridgehead atoms. The van der Waals surface area contributed by atoms with Crippen LogP contribution in [-0.4, -0.2) is 26.7 Å². The van der Waals surface area contributed by atoms with Gasteiger partial charge in [0.15, 0.2) is 11.5 Å². The average Bonchev–Trinajstić information content (AvgIpc) is 3.18. The topological polar surface area (TPSA) is 84.5 Å². The van der Waals surface area contributed by atoms with Gasteiger partial charge in [-0.15, -0.1) is 0 Å². The fourth-order valence-electron chi connectivity index (χ4n) is 2.24. The van der Waals surface area contributed by atoms with E-state index in [1.165, 1.54) is 6.08 Å². The number of benzene rings is 1. The lowest BCUT2D eigenvalue weighted by Gasteiger charge is -2.10. The number of furan rings is 1. The Morgan fingerprint density at radius 1 is 1.27 bits per heavy atom. The van der Waals surface area contributed by atoms with Gasteiger partial charge in [0.25, 0.3) is 5.91 Å². The second-order valence-electron chi connectivity index (χ2n) is 5.26. The Bertz CT molecular complexity index is 830. The first-order valence-corrected chi connectivity index (χ1v) is 7.99. The molecule has 6 nitrogen and oxygen atoms in total. The number of methoxy groups -OCH3 is 2. The summed E-state index contributed by atoms with van der Waals surface area (Å²) in [6, 6.07) is 11.0. The van der Waals surface area contributed by atoms with Crippen molar-refractivity contribution in [3.8, 4) is 17.6 Å². The lowest BCUT2D eigenvalue weighted by Crippen LogP contribution is -2.26. The molecule has 2 aromatic rings. The predicted octanol–water partition coefficient (Wildman–Crippen LogP) is 3.12. The predicted molar refractivity (Wildman–Crippen MR) is 97.7 cm³/mol. The Kier molecular flexibility index (Phi) is 7.07. The third kappa shape index (κ3) is 5.28. The molecule has 1 aromatic carbocycles. The number of amides is 1. The Balaban J connectivity index is 1.89. The minimum atomic E-state index is -0.419. The van der Waals surface area contributed by atoms with E-state index < -0.39 is 5.91 Å². The maximum Gasteiger partial charge on any atom is 0.261 e.